The molecule has 0 fully saturated rings. The molecule has 0 aliphatic heterocycles. The number of hydrogen-bond donors (Lipinski definition) is 1. The number of aromatic nitrogens is 1. The number of aromatic carboxylic acids is 1. The monoisotopic (exact) mass is 301 g/mol. The first-order valence-electron chi connectivity index (χ1n) is 6.30. The van der Waals surface area contributed by atoms with Gasteiger partial charge in [0.05, 0.1) is 5.56 Å². The quantitative estimate of drug-likeness (QED) is 0.794. The van der Waals surface area contributed by atoms with Crippen LogP contribution in [0.5, 0.6) is 0 Å². The second-order valence-electron chi connectivity index (χ2n) is 4.58. The molecule has 0 radical (unpaired) electrons. The van der Waals surface area contributed by atoms with Gasteiger partial charge in [0.2, 0.25) is 0 Å². The van der Waals surface area contributed by atoms with Crippen LogP contribution in [0.1, 0.15) is 10.4 Å². The zero-order chi connectivity index (χ0) is 15.7. The Morgan fingerprint density at radius 3 is 2.41 bits per heavy atom. The molecular weight excluding hydrogens is 292 g/mol. The Morgan fingerprint density at radius 2 is 1.77 bits per heavy atom. The molecule has 3 rings (SSSR count). The van der Waals surface area contributed by atoms with Gasteiger partial charge in [-0.3, -0.25) is 0 Å². The van der Waals surface area contributed by atoms with E-state index in [9.17, 15) is 13.6 Å². The molecule has 0 bridgehead atoms. The van der Waals surface area contributed by atoms with E-state index in [2.05, 4.69) is 5.16 Å². The predicted octanol–water partition coefficient (Wildman–Crippen LogP) is 3.99. The number of carboxylic acid groups (broad SMARTS) is 1. The molecule has 22 heavy (non-hydrogen) atoms. The molecular formula is C16H9F2NO3. The van der Waals surface area contributed by atoms with Gasteiger partial charge in [-0.25, -0.2) is 13.6 Å². The molecule has 1 N–H and O–H groups in total. The molecule has 2 aromatic carbocycles. The van der Waals surface area contributed by atoms with Gasteiger partial charge in [0, 0.05) is 23.3 Å². The predicted molar refractivity (Wildman–Crippen MR) is 74.3 cm³/mol. The van der Waals surface area contributed by atoms with Crippen LogP contribution in [0.4, 0.5) is 8.78 Å². The van der Waals surface area contributed by atoms with Crippen LogP contribution in [0.25, 0.3) is 22.6 Å². The van der Waals surface area contributed by atoms with Gasteiger partial charge in [0.1, 0.15) is 17.3 Å². The third-order valence-corrected chi connectivity index (χ3v) is 3.13. The number of hydrogen-bond acceptors (Lipinski definition) is 3. The maximum Gasteiger partial charge on any atom is 0.335 e. The highest BCUT2D eigenvalue weighted by molar-refractivity contribution is 5.88. The molecule has 0 aliphatic rings. The Balaban J connectivity index is 1.95. The van der Waals surface area contributed by atoms with Crippen LogP contribution in [-0.4, -0.2) is 16.2 Å². The summed E-state index contributed by atoms with van der Waals surface area (Å²) in [6.45, 7) is 0. The van der Waals surface area contributed by atoms with Gasteiger partial charge in [0.15, 0.2) is 5.76 Å². The smallest absolute Gasteiger partial charge is 0.335 e. The van der Waals surface area contributed by atoms with E-state index in [4.69, 9.17) is 9.63 Å². The Morgan fingerprint density at radius 1 is 1.05 bits per heavy atom. The van der Waals surface area contributed by atoms with Crippen molar-refractivity contribution in [3.63, 3.8) is 0 Å². The van der Waals surface area contributed by atoms with Crippen molar-refractivity contribution >= 4 is 5.97 Å². The van der Waals surface area contributed by atoms with Crippen molar-refractivity contribution in [2.75, 3.05) is 0 Å². The van der Waals surface area contributed by atoms with E-state index in [1.165, 1.54) is 24.3 Å². The highest BCUT2D eigenvalue weighted by Gasteiger charge is 2.13. The highest BCUT2D eigenvalue weighted by Crippen LogP contribution is 2.28. The number of benzene rings is 2. The molecule has 0 saturated heterocycles. The highest BCUT2D eigenvalue weighted by atomic mass is 19.1. The van der Waals surface area contributed by atoms with Gasteiger partial charge in [-0.1, -0.05) is 17.3 Å². The molecule has 3 aromatic rings. The molecule has 6 heteroatoms. The summed E-state index contributed by atoms with van der Waals surface area (Å²) in [6.07, 6.45) is 0. The van der Waals surface area contributed by atoms with E-state index >= 15 is 0 Å². The van der Waals surface area contributed by atoms with E-state index in [-0.39, 0.29) is 16.8 Å². The lowest BCUT2D eigenvalue weighted by Gasteiger charge is -1.98. The lowest BCUT2D eigenvalue weighted by molar-refractivity contribution is 0.0697. The van der Waals surface area contributed by atoms with Crippen molar-refractivity contribution in [1.82, 2.24) is 5.16 Å². The third kappa shape index (κ3) is 2.58. The average Bonchev–Trinajstić information content (AvgIpc) is 2.97. The average molecular weight is 301 g/mol. The summed E-state index contributed by atoms with van der Waals surface area (Å²) in [7, 11) is 0. The summed E-state index contributed by atoms with van der Waals surface area (Å²) in [4.78, 5) is 10.8. The van der Waals surface area contributed by atoms with Crippen LogP contribution in [0.3, 0.4) is 0 Å². The molecule has 1 heterocycles. The number of halogens is 2. The van der Waals surface area contributed by atoms with Gasteiger partial charge in [-0.15, -0.1) is 0 Å². The van der Waals surface area contributed by atoms with Crippen molar-refractivity contribution in [2.24, 2.45) is 0 Å². The van der Waals surface area contributed by atoms with Gasteiger partial charge >= 0.3 is 5.97 Å². The number of rotatable bonds is 3. The summed E-state index contributed by atoms with van der Waals surface area (Å²) in [5.74, 6) is -2.08. The first-order valence-corrected chi connectivity index (χ1v) is 6.30. The van der Waals surface area contributed by atoms with Crippen molar-refractivity contribution < 1.29 is 23.2 Å². The Bertz CT molecular complexity index is 841. The molecule has 0 spiro atoms. The van der Waals surface area contributed by atoms with Crippen LogP contribution in [0.2, 0.25) is 0 Å². The number of carboxylic acids is 1. The zero-order valence-electron chi connectivity index (χ0n) is 11.1. The van der Waals surface area contributed by atoms with Crippen molar-refractivity contribution in [3.05, 3.63) is 65.7 Å². The van der Waals surface area contributed by atoms with E-state index in [1.807, 2.05) is 0 Å². The van der Waals surface area contributed by atoms with Crippen LogP contribution in [0.15, 0.2) is 53.1 Å². The van der Waals surface area contributed by atoms with Gasteiger partial charge in [0.25, 0.3) is 0 Å². The Hall–Kier alpha value is -3.02. The fourth-order valence-corrected chi connectivity index (χ4v) is 2.01. The van der Waals surface area contributed by atoms with E-state index in [1.54, 1.807) is 12.1 Å². The van der Waals surface area contributed by atoms with Crippen LogP contribution in [-0.2, 0) is 0 Å². The molecule has 1 aromatic heterocycles. The Labute approximate surface area is 123 Å². The van der Waals surface area contributed by atoms with E-state index < -0.39 is 17.6 Å². The summed E-state index contributed by atoms with van der Waals surface area (Å²) < 4.78 is 31.7. The standard InChI is InChI=1S/C16H9F2NO3/c17-11-5-6-12(13(18)7-11)14-8-15(22-19-14)9-1-3-10(4-2-9)16(20)21/h1-8H,(H,20,21). The second-order valence-corrected chi connectivity index (χ2v) is 4.58. The lowest BCUT2D eigenvalue weighted by Crippen LogP contribution is -1.94. The van der Waals surface area contributed by atoms with Crippen molar-refractivity contribution in [1.29, 1.82) is 0 Å². The summed E-state index contributed by atoms with van der Waals surface area (Å²) in [6, 6.07) is 10.7. The van der Waals surface area contributed by atoms with Gasteiger partial charge < -0.3 is 9.63 Å². The SMILES string of the molecule is O=C(O)c1ccc(-c2cc(-c3ccc(F)cc3F)no2)cc1. The largest absolute Gasteiger partial charge is 0.478 e. The number of nitrogens with zero attached hydrogens (tertiary/aromatic N) is 1. The van der Waals surface area contributed by atoms with Crippen LogP contribution in [0, 0.1) is 11.6 Å². The molecule has 0 unspecified atom stereocenters. The van der Waals surface area contributed by atoms with Crippen molar-refractivity contribution in [2.45, 2.75) is 0 Å². The Kier molecular flexibility index (Phi) is 3.42. The normalized spacial score (nSPS) is 10.6. The number of carbonyl (C=O) groups is 1. The molecule has 110 valence electrons. The third-order valence-electron chi connectivity index (χ3n) is 3.13. The summed E-state index contributed by atoms with van der Waals surface area (Å²) in [5.41, 5.74) is 1.10. The first kappa shape index (κ1) is 13.9. The zero-order valence-corrected chi connectivity index (χ0v) is 11.1. The fraction of sp³-hybridized carbons (Fsp3) is 0. The van der Waals surface area contributed by atoms with Crippen molar-refractivity contribution in [3.8, 4) is 22.6 Å². The van der Waals surface area contributed by atoms with Gasteiger partial charge in [-0.05, 0) is 24.3 Å². The maximum atomic E-state index is 13.7. The maximum absolute atomic E-state index is 13.7. The molecule has 0 amide bonds. The lowest BCUT2D eigenvalue weighted by atomic mass is 10.1. The minimum Gasteiger partial charge on any atom is -0.478 e. The molecule has 0 aliphatic carbocycles. The molecule has 0 saturated carbocycles. The summed E-state index contributed by atoms with van der Waals surface area (Å²) >= 11 is 0. The van der Waals surface area contributed by atoms with E-state index in [0.29, 0.717) is 11.3 Å². The topological polar surface area (TPSA) is 63.3 Å². The second kappa shape index (κ2) is 5.40. The minimum absolute atomic E-state index is 0.124. The van der Waals surface area contributed by atoms with Crippen LogP contribution >= 0.6 is 0 Å². The van der Waals surface area contributed by atoms with E-state index in [0.717, 1.165) is 12.1 Å². The minimum atomic E-state index is -1.03. The molecule has 4 nitrogen and oxygen atoms in total. The van der Waals surface area contributed by atoms with Gasteiger partial charge in [-0.2, -0.15) is 0 Å². The summed E-state index contributed by atoms with van der Waals surface area (Å²) in [5, 5.41) is 12.6. The molecule has 0 atom stereocenters. The fourth-order valence-electron chi connectivity index (χ4n) is 2.01. The first-order chi connectivity index (χ1) is 10.5. The van der Waals surface area contributed by atoms with Crippen LogP contribution < -0.4 is 0 Å².